The summed E-state index contributed by atoms with van der Waals surface area (Å²) in [5, 5.41) is 6.17. The number of halogens is 1. The van der Waals surface area contributed by atoms with Gasteiger partial charge in [0, 0.05) is 12.7 Å². The first-order chi connectivity index (χ1) is 14.1. The van der Waals surface area contributed by atoms with Crippen molar-refractivity contribution in [2.75, 3.05) is 5.32 Å². The van der Waals surface area contributed by atoms with Crippen molar-refractivity contribution in [3.05, 3.63) is 96.1 Å². The number of nitrogens with zero attached hydrogens (tertiary/aromatic N) is 2. The molecule has 0 aliphatic carbocycles. The Balaban J connectivity index is 1.56. The van der Waals surface area contributed by atoms with E-state index in [1.54, 1.807) is 12.1 Å². The van der Waals surface area contributed by atoms with Crippen LogP contribution in [0.1, 0.15) is 17.4 Å². The fraction of sp³-hybridized carbons (Fsp3) is 0.130. The van der Waals surface area contributed by atoms with E-state index in [1.165, 1.54) is 12.1 Å². The first-order valence-electron chi connectivity index (χ1n) is 9.37. The summed E-state index contributed by atoms with van der Waals surface area (Å²) in [5.74, 6) is 0.269. The molecule has 29 heavy (non-hydrogen) atoms. The normalized spacial score (nSPS) is 12.1. The van der Waals surface area contributed by atoms with Crippen molar-refractivity contribution in [3.63, 3.8) is 0 Å². The number of hydrogen-bond acceptors (Lipinski definition) is 3. The summed E-state index contributed by atoms with van der Waals surface area (Å²) >= 11 is 0. The van der Waals surface area contributed by atoms with Crippen LogP contribution in [-0.2, 0) is 18.4 Å². The first kappa shape index (κ1) is 18.8. The number of amides is 1. The molecule has 0 aliphatic heterocycles. The molecule has 3 aromatic carbocycles. The summed E-state index contributed by atoms with van der Waals surface area (Å²) in [6.07, 6.45) is 0. The molecule has 0 fully saturated rings. The monoisotopic (exact) mass is 388 g/mol. The molecule has 0 saturated heterocycles. The quantitative estimate of drug-likeness (QED) is 0.521. The summed E-state index contributed by atoms with van der Waals surface area (Å²) in [6, 6.07) is 22.5. The highest BCUT2D eigenvalue weighted by Gasteiger charge is 2.21. The average molecular weight is 388 g/mol. The van der Waals surface area contributed by atoms with Gasteiger partial charge in [0.1, 0.15) is 17.7 Å². The van der Waals surface area contributed by atoms with Gasteiger partial charge in [0.05, 0.1) is 17.6 Å². The number of carbonyl (C=O) groups excluding carboxylic acids is 1. The molecule has 0 spiro atoms. The zero-order chi connectivity index (χ0) is 20.2. The Labute approximate surface area is 168 Å². The zero-order valence-corrected chi connectivity index (χ0v) is 16.0. The molecule has 0 bridgehead atoms. The van der Waals surface area contributed by atoms with Crippen LogP contribution in [0.5, 0.6) is 0 Å². The second-order valence-corrected chi connectivity index (χ2v) is 6.80. The maximum atomic E-state index is 13.1. The molecule has 1 aromatic heterocycles. The molecular formula is C23H21FN4O. The lowest BCUT2D eigenvalue weighted by Gasteiger charge is -2.19. The van der Waals surface area contributed by atoms with Crippen LogP contribution in [0.15, 0.2) is 78.9 Å². The molecule has 4 aromatic rings. The number of aryl methyl sites for hydroxylation is 1. The SMILES string of the molecule is Cn1c(CN[C@@H](C(=O)Nc2ccc(F)cc2)c2ccccc2)nc2ccccc21. The molecule has 0 aliphatic rings. The molecule has 0 saturated carbocycles. The van der Waals surface area contributed by atoms with Crippen LogP contribution in [0.3, 0.4) is 0 Å². The zero-order valence-electron chi connectivity index (χ0n) is 16.0. The van der Waals surface area contributed by atoms with Crippen LogP contribution < -0.4 is 10.6 Å². The third-order valence-electron chi connectivity index (χ3n) is 4.85. The molecule has 2 N–H and O–H groups in total. The molecule has 1 amide bonds. The van der Waals surface area contributed by atoms with Gasteiger partial charge in [0.15, 0.2) is 0 Å². The molecule has 0 unspecified atom stereocenters. The van der Waals surface area contributed by atoms with Crippen LogP contribution >= 0.6 is 0 Å². The summed E-state index contributed by atoms with van der Waals surface area (Å²) in [4.78, 5) is 17.6. The minimum absolute atomic E-state index is 0.221. The van der Waals surface area contributed by atoms with Crippen molar-refractivity contribution in [1.82, 2.24) is 14.9 Å². The van der Waals surface area contributed by atoms with Crippen molar-refractivity contribution < 1.29 is 9.18 Å². The number of hydrogen-bond donors (Lipinski definition) is 2. The van der Waals surface area contributed by atoms with E-state index in [1.807, 2.05) is 66.2 Å². The van der Waals surface area contributed by atoms with Gasteiger partial charge in [0.25, 0.3) is 0 Å². The Hall–Kier alpha value is -3.51. The molecule has 4 rings (SSSR count). The third-order valence-corrected chi connectivity index (χ3v) is 4.85. The third kappa shape index (κ3) is 4.17. The number of rotatable bonds is 6. The maximum Gasteiger partial charge on any atom is 0.246 e. The standard InChI is InChI=1S/C23H21FN4O/c1-28-20-10-6-5-9-19(20)27-21(28)15-25-22(16-7-3-2-4-8-16)23(29)26-18-13-11-17(24)12-14-18/h2-14,22,25H,15H2,1H3,(H,26,29)/t22-/m1/s1. The lowest BCUT2D eigenvalue weighted by Crippen LogP contribution is -2.33. The topological polar surface area (TPSA) is 59.0 Å². The average Bonchev–Trinajstić information content (AvgIpc) is 3.07. The smallest absolute Gasteiger partial charge is 0.246 e. The minimum Gasteiger partial charge on any atom is -0.330 e. The predicted octanol–water partition coefficient (Wildman–Crippen LogP) is 4.18. The van der Waals surface area contributed by atoms with E-state index in [9.17, 15) is 9.18 Å². The molecular weight excluding hydrogens is 367 g/mol. The van der Waals surface area contributed by atoms with Gasteiger partial charge in [0.2, 0.25) is 5.91 Å². The van der Waals surface area contributed by atoms with Crippen LogP contribution in [0.2, 0.25) is 0 Å². The number of imidazole rings is 1. The van der Waals surface area contributed by atoms with Crippen LogP contribution in [0.25, 0.3) is 11.0 Å². The molecule has 5 nitrogen and oxygen atoms in total. The molecule has 146 valence electrons. The van der Waals surface area contributed by atoms with E-state index in [4.69, 9.17) is 0 Å². The molecule has 6 heteroatoms. The van der Waals surface area contributed by atoms with Crippen LogP contribution in [-0.4, -0.2) is 15.5 Å². The molecule has 1 heterocycles. The van der Waals surface area contributed by atoms with Gasteiger partial charge >= 0.3 is 0 Å². The summed E-state index contributed by atoms with van der Waals surface area (Å²) in [6.45, 7) is 0.418. The van der Waals surface area contributed by atoms with Gasteiger partial charge in [-0.15, -0.1) is 0 Å². The number of carbonyl (C=O) groups is 1. The van der Waals surface area contributed by atoms with Gasteiger partial charge in [-0.3, -0.25) is 10.1 Å². The summed E-state index contributed by atoms with van der Waals surface area (Å²) in [7, 11) is 1.96. The fourth-order valence-corrected chi connectivity index (χ4v) is 3.30. The summed E-state index contributed by atoms with van der Waals surface area (Å²) < 4.78 is 15.2. The van der Waals surface area contributed by atoms with Gasteiger partial charge in [-0.25, -0.2) is 9.37 Å². The maximum absolute atomic E-state index is 13.1. The Morgan fingerprint density at radius 1 is 1.00 bits per heavy atom. The van der Waals surface area contributed by atoms with E-state index in [-0.39, 0.29) is 11.7 Å². The van der Waals surface area contributed by atoms with Crippen molar-refractivity contribution in [2.24, 2.45) is 7.05 Å². The number of para-hydroxylation sites is 2. The van der Waals surface area contributed by atoms with E-state index in [2.05, 4.69) is 15.6 Å². The number of aromatic nitrogens is 2. The van der Waals surface area contributed by atoms with E-state index in [0.717, 1.165) is 22.4 Å². The summed E-state index contributed by atoms with van der Waals surface area (Å²) in [5.41, 5.74) is 3.34. The largest absolute Gasteiger partial charge is 0.330 e. The van der Waals surface area contributed by atoms with Crippen molar-refractivity contribution in [2.45, 2.75) is 12.6 Å². The Kier molecular flexibility index (Phi) is 5.35. The van der Waals surface area contributed by atoms with Crippen LogP contribution in [0.4, 0.5) is 10.1 Å². The van der Waals surface area contributed by atoms with Crippen LogP contribution in [0, 0.1) is 5.82 Å². The van der Waals surface area contributed by atoms with Gasteiger partial charge < -0.3 is 9.88 Å². The van der Waals surface area contributed by atoms with Crippen molar-refractivity contribution >= 4 is 22.6 Å². The molecule has 1 atom stereocenters. The molecule has 0 radical (unpaired) electrons. The second kappa shape index (κ2) is 8.24. The van der Waals surface area contributed by atoms with E-state index < -0.39 is 6.04 Å². The second-order valence-electron chi connectivity index (χ2n) is 6.80. The predicted molar refractivity (Wildman–Crippen MR) is 112 cm³/mol. The Morgan fingerprint density at radius 2 is 1.69 bits per heavy atom. The highest BCUT2D eigenvalue weighted by molar-refractivity contribution is 5.95. The first-order valence-corrected chi connectivity index (χ1v) is 9.37. The van der Waals surface area contributed by atoms with Gasteiger partial charge in [-0.2, -0.15) is 0 Å². The lowest BCUT2D eigenvalue weighted by atomic mass is 10.1. The van der Waals surface area contributed by atoms with Gasteiger partial charge in [-0.1, -0.05) is 42.5 Å². The fourth-order valence-electron chi connectivity index (χ4n) is 3.30. The van der Waals surface area contributed by atoms with Gasteiger partial charge in [-0.05, 0) is 42.0 Å². The number of benzene rings is 3. The van der Waals surface area contributed by atoms with E-state index >= 15 is 0 Å². The Morgan fingerprint density at radius 3 is 2.41 bits per heavy atom. The lowest BCUT2D eigenvalue weighted by molar-refractivity contribution is -0.118. The highest BCUT2D eigenvalue weighted by atomic mass is 19.1. The van der Waals surface area contributed by atoms with Crippen molar-refractivity contribution in [3.8, 4) is 0 Å². The number of nitrogens with one attached hydrogen (secondary N) is 2. The van der Waals surface area contributed by atoms with E-state index in [0.29, 0.717) is 12.2 Å². The number of fused-ring (bicyclic) bond motifs is 1. The number of anilines is 1. The minimum atomic E-state index is -0.582. The highest BCUT2D eigenvalue weighted by Crippen LogP contribution is 2.19. The van der Waals surface area contributed by atoms with Crippen molar-refractivity contribution in [1.29, 1.82) is 0 Å². The Bertz CT molecular complexity index is 1120.